The third-order valence-electron chi connectivity index (χ3n) is 4.59. The minimum absolute atomic E-state index is 0.0213. The van der Waals surface area contributed by atoms with Crippen LogP contribution < -0.4 is 4.72 Å². The number of oxazole rings is 1. The standard InChI is InChI=1S/C23H19FN2O3S/c1-16-12-13-18(15-20(16)24)22-23(26-30(27,28)19-10-6-3-7-11-19)25-21(29-22)14-17-8-4-2-5-9-17/h2-13,15,26H,14H2,1H3. The van der Waals surface area contributed by atoms with E-state index in [9.17, 15) is 12.8 Å². The molecule has 30 heavy (non-hydrogen) atoms. The molecule has 0 bridgehead atoms. The van der Waals surface area contributed by atoms with Crippen molar-refractivity contribution in [3.05, 3.63) is 102 Å². The Kier molecular flexibility index (Phi) is 5.37. The highest BCUT2D eigenvalue weighted by atomic mass is 32.2. The van der Waals surface area contributed by atoms with Crippen LogP contribution in [-0.4, -0.2) is 13.4 Å². The number of benzene rings is 3. The van der Waals surface area contributed by atoms with Crippen molar-refractivity contribution in [1.82, 2.24) is 4.98 Å². The Labute approximate surface area is 174 Å². The largest absolute Gasteiger partial charge is 0.438 e. The van der Waals surface area contributed by atoms with Crippen molar-refractivity contribution in [2.24, 2.45) is 0 Å². The minimum Gasteiger partial charge on any atom is -0.438 e. The number of aryl methyl sites for hydroxylation is 1. The molecule has 0 atom stereocenters. The summed E-state index contributed by atoms with van der Waals surface area (Å²) in [4.78, 5) is 4.46. The van der Waals surface area contributed by atoms with Gasteiger partial charge in [-0.1, -0.05) is 60.7 Å². The number of nitrogens with one attached hydrogen (secondary N) is 1. The van der Waals surface area contributed by atoms with E-state index in [-0.39, 0.29) is 16.5 Å². The van der Waals surface area contributed by atoms with E-state index in [0.717, 1.165) is 5.56 Å². The fraction of sp³-hybridized carbons (Fsp3) is 0.0870. The van der Waals surface area contributed by atoms with E-state index in [1.54, 1.807) is 37.3 Å². The Morgan fingerprint density at radius 1 is 0.967 bits per heavy atom. The van der Waals surface area contributed by atoms with Gasteiger partial charge in [0, 0.05) is 12.0 Å². The zero-order chi connectivity index (χ0) is 21.1. The van der Waals surface area contributed by atoms with E-state index >= 15 is 0 Å². The highest BCUT2D eigenvalue weighted by molar-refractivity contribution is 7.92. The Balaban J connectivity index is 1.76. The molecule has 0 saturated heterocycles. The van der Waals surface area contributed by atoms with Crippen molar-refractivity contribution in [1.29, 1.82) is 0 Å². The number of hydrogen-bond acceptors (Lipinski definition) is 4. The first-order chi connectivity index (χ1) is 14.4. The van der Waals surface area contributed by atoms with Crippen molar-refractivity contribution in [3.63, 3.8) is 0 Å². The second-order valence-electron chi connectivity index (χ2n) is 6.83. The third kappa shape index (κ3) is 4.26. The summed E-state index contributed by atoms with van der Waals surface area (Å²) in [5.74, 6) is 0.0979. The molecule has 0 spiro atoms. The summed E-state index contributed by atoms with van der Waals surface area (Å²) < 4.78 is 48.1. The van der Waals surface area contributed by atoms with Gasteiger partial charge in [-0.25, -0.2) is 12.8 Å². The van der Waals surface area contributed by atoms with E-state index in [1.807, 2.05) is 30.3 Å². The van der Waals surface area contributed by atoms with Crippen molar-refractivity contribution >= 4 is 15.8 Å². The van der Waals surface area contributed by atoms with Gasteiger partial charge in [-0.2, -0.15) is 4.98 Å². The lowest BCUT2D eigenvalue weighted by molar-refractivity contribution is 0.518. The van der Waals surface area contributed by atoms with Crippen LogP contribution in [0.4, 0.5) is 10.2 Å². The van der Waals surface area contributed by atoms with Crippen LogP contribution in [0.3, 0.4) is 0 Å². The summed E-state index contributed by atoms with van der Waals surface area (Å²) in [6, 6.07) is 22.1. The number of sulfonamides is 1. The number of hydrogen-bond donors (Lipinski definition) is 1. The topological polar surface area (TPSA) is 72.2 Å². The number of aromatic nitrogens is 1. The summed E-state index contributed by atoms with van der Waals surface area (Å²) in [5, 5.41) is 0. The summed E-state index contributed by atoms with van der Waals surface area (Å²) in [6.45, 7) is 1.65. The van der Waals surface area contributed by atoms with Crippen LogP contribution in [0.1, 0.15) is 17.0 Å². The quantitative estimate of drug-likeness (QED) is 0.465. The van der Waals surface area contributed by atoms with Crippen LogP contribution >= 0.6 is 0 Å². The Morgan fingerprint density at radius 3 is 2.30 bits per heavy atom. The normalized spacial score (nSPS) is 11.4. The molecule has 4 aromatic rings. The summed E-state index contributed by atoms with van der Waals surface area (Å²) in [6.07, 6.45) is 0.370. The lowest BCUT2D eigenvalue weighted by Crippen LogP contribution is -2.13. The van der Waals surface area contributed by atoms with Crippen molar-refractivity contribution in [2.45, 2.75) is 18.2 Å². The minimum atomic E-state index is -3.89. The Morgan fingerprint density at radius 2 is 1.63 bits per heavy atom. The first kappa shape index (κ1) is 19.8. The van der Waals surface area contributed by atoms with Gasteiger partial charge in [0.05, 0.1) is 4.90 Å². The number of anilines is 1. The maximum Gasteiger partial charge on any atom is 0.263 e. The average molecular weight is 422 g/mol. The maximum absolute atomic E-state index is 14.2. The predicted octanol–water partition coefficient (Wildman–Crippen LogP) is 5.18. The monoisotopic (exact) mass is 422 g/mol. The van der Waals surface area contributed by atoms with E-state index in [0.29, 0.717) is 23.4 Å². The van der Waals surface area contributed by atoms with Gasteiger partial charge < -0.3 is 4.42 Å². The van der Waals surface area contributed by atoms with Crippen molar-refractivity contribution in [3.8, 4) is 11.3 Å². The van der Waals surface area contributed by atoms with Crippen LogP contribution in [0.25, 0.3) is 11.3 Å². The molecular formula is C23H19FN2O3S. The molecule has 0 aliphatic carbocycles. The first-order valence-corrected chi connectivity index (χ1v) is 10.8. The Hall–Kier alpha value is -3.45. The van der Waals surface area contributed by atoms with Crippen LogP contribution in [0.5, 0.6) is 0 Å². The molecule has 4 rings (SSSR count). The fourth-order valence-electron chi connectivity index (χ4n) is 3.00. The molecule has 1 heterocycles. The van der Waals surface area contributed by atoms with Crippen LogP contribution in [0.2, 0.25) is 0 Å². The van der Waals surface area contributed by atoms with Gasteiger partial charge in [-0.15, -0.1) is 0 Å². The van der Waals surface area contributed by atoms with Gasteiger partial charge in [0.1, 0.15) is 5.82 Å². The average Bonchev–Trinajstić information content (AvgIpc) is 3.13. The zero-order valence-electron chi connectivity index (χ0n) is 16.2. The molecule has 152 valence electrons. The van der Waals surface area contributed by atoms with Gasteiger partial charge in [-0.3, -0.25) is 4.72 Å². The lowest BCUT2D eigenvalue weighted by atomic mass is 10.1. The molecule has 0 radical (unpaired) electrons. The first-order valence-electron chi connectivity index (χ1n) is 9.30. The Bertz CT molecular complexity index is 1270. The van der Waals surface area contributed by atoms with Crippen LogP contribution in [0.15, 0.2) is 88.2 Å². The molecular weight excluding hydrogens is 403 g/mol. The summed E-state index contributed by atoms with van der Waals surface area (Å²) in [7, 11) is -3.89. The lowest BCUT2D eigenvalue weighted by Gasteiger charge is -2.07. The van der Waals surface area contributed by atoms with E-state index in [1.165, 1.54) is 18.2 Å². The SMILES string of the molecule is Cc1ccc(-c2oc(Cc3ccccc3)nc2NS(=O)(=O)c2ccccc2)cc1F. The van der Waals surface area contributed by atoms with Gasteiger partial charge in [0.2, 0.25) is 5.89 Å². The smallest absolute Gasteiger partial charge is 0.263 e. The molecule has 0 aliphatic heterocycles. The summed E-state index contributed by atoms with van der Waals surface area (Å²) in [5.41, 5.74) is 1.84. The van der Waals surface area contributed by atoms with E-state index in [4.69, 9.17) is 4.42 Å². The molecule has 5 nitrogen and oxygen atoms in total. The maximum atomic E-state index is 14.2. The molecule has 0 fully saturated rings. The van der Waals surface area contributed by atoms with E-state index < -0.39 is 15.8 Å². The van der Waals surface area contributed by atoms with Gasteiger partial charge in [0.25, 0.3) is 10.0 Å². The predicted molar refractivity (Wildman–Crippen MR) is 113 cm³/mol. The molecule has 0 saturated carbocycles. The zero-order valence-corrected chi connectivity index (χ0v) is 17.0. The number of rotatable bonds is 6. The van der Waals surface area contributed by atoms with E-state index in [2.05, 4.69) is 9.71 Å². The van der Waals surface area contributed by atoms with Crippen molar-refractivity contribution < 1.29 is 17.2 Å². The fourth-order valence-corrected chi connectivity index (χ4v) is 4.02. The highest BCUT2D eigenvalue weighted by Gasteiger charge is 2.22. The molecule has 7 heteroatoms. The molecule has 1 aromatic heterocycles. The van der Waals surface area contributed by atoms with Gasteiger partial charge >= 0.3 is 0 Å². The third-order valence-corrected chi connectivity index (χ3v) is 5.94. The van der Waals surface area contributed by atoms with Crippen LogP contribution in [-0.2, 0) is 16.4 Å². The molecule has 0 amide bonds. The highest BCUT2D eigenvalue weighted by Crippen LogP contribution is 2.32. The van der Waals surface area contributed by atoms with Crippen molar-refractivity contribution in [2.75, 3.05) is 4.72 Å². The molecule has 3 aromatic carbocycles. The van der Waals surface area contributed by atoms with Crippen LogP contribution in [0, 0.1) is 12.7 Å². The second-order valence-corrected chi connectivity index (χ2v) is 8.51. The molecule has 0 unspecified atom stereocenters. The molecule has 0 aliphatic rings. The second kappa shape index (κ2) is 8.12. The molecule has 1 N–H and O–H groups in total. The van der Waals surface area contributed by atoms with Gasteiger partial charge in [-0.05, 0) is 36.2 Å². The number of nitrogens with zero attached hydrogens (tertiary/aromatic N) is 1. The number of halogens is 1. The summed E-state index contributed by atoms with van der Waals surface area (Å²) >= 11 is 0. The van der Waals surface area contributed by atoms with Gasteiger partial charge in [0.15, 0.2) is 11.6 Å².